The van der Waals surface area contributed by atoms with E-state index in [1.807, 2.05) is 0 Å². The van der Waals surface area contributed by atoms with Gasteiger partial charge in [-0.15, -0.1) is 0 Å². The van der Waals surface area contributed by atoms with Crippen molar-refractivity contribution in [1.29, 1.82) is 0 Å². The van der Waals surface area contributed by atoms with Gasteiger partial charge >= 0.3 is 0 Å². The molecule has 1 saturated heterocycles. The van der Waals surface area contributed by atoms with E-state index in [9.17, 15) is 14.7 Å². The van der Waals surface area contributed by atoms with Crippen molar-refractivity contribution in [3.8, 4) is 0 Å². The molecule has 0 aromatic heterocycles. The van der Waals surface area contributed by atoms with Gasteiger partial charge in [-0.1, -0.05) is 0 Å². The van der Waals surface area contributed by atoms with E-state index in [0.717, 1.165) is 5.71 Å². The van der Waals surface area contributed by atoms with Gasteiger partial charge in [0.2, 0.25) is 11.8 Å². The first-order valence-corrected chi connectivity index (χ1v) is 5.47. The molecule has 94 valence electrons. The van der Waals surface area contributed by atoms with Gasteiger partial charge in [-0.3, -0.25) is 24.5 Å². The van der Waals surface area contributed by atoms with E-state index >= 15 is 0 Å². The fourth-order valence-electron chi connectivity index (χ4n) is 1.69. The molecular formula is C11H17N3O3. The van der Waals surface area contributed by atoms with Crippen LogP contribution in [-0.2, 0) is 9.59 Å². The smallest absolute Gasteiger partial charge is 0.231 e. The number of nitrogens with zero attached hydrogens (tertiary/aromatic N) is 3. The molecule has 1 N–H and O–H groups in total. The van der Waals surface area contributed by atoms with Crippen LogP contribution in [0.3, 0.4) is 0 Å². The van der Waals surface area contributed by atoms with Crippen molar-refractivity contribution in [1.82, 2.24) is 4.90 Å². The number of hydrogen-bond donors (Lipinski definition) is 1. The molecule has 0 aliphatic carbocycles. The molecule has 0 aromatic rings. The highest BCUT2D eigenvalue weighted by atomic mass is 16.3. The first kappa shape index (κ1) is 13.5. The number of piperidine rings is 1. The molecule has 0 radical (unpaired) electrons. The molecule has 0 spiro atoms. The fourth-order valence-corrected chi connectivity index (χ4v) is 1.69. The molecule has 0 saturated carbocycles. The molecule has 1 fully saturated rings. The van der Waals surface area contributed by atoms with Crippen LogP contribution in [0.4, 0.5) is 0 Å². The molecule has 0 aromatic carbocycles. The Balaban J connectivity index is 2.56. The van der Waals surface area contributed by atoms with E-state index in [4.69, 9.17) is 0 Å². The summed E-state index contributed by atoms with van der Waals surface area (Å²) in [6.07, 6.45) is 1.30. The number of carbonyl (C=O) groups excluding carboxylic acids is 2. The van der Waals surface area contributed by atoms with Crippen molar-refractivity contribution in [2.75, 3.05) is 20.6 Å². The summed E-state index contributed by atoms with van der Waals surface area (Å²) in [7, 11) is 3.28. The lowest BCUT2D eigenvalue weighted by Gasteiger charge is -2.27. The van der Waals surface area contributed by atoms with Crippen molar-refractivity contribution in [2.45, 2.75) is 25.4 Å². The maximum absolute atomic E-state index is 11.5. The largest absolute Gasteiger partial charge is 0.392 e. The summed E-state index contributed by atoms with van der Waals surface area (Å²) in [6.45, 7) is 0.295. The third-order valence-electron chi connectivity index (χ3n) is 2.58. The number of hydrogen-bond acceptors (Lipinski definition) is 5. The van der Waals surface area contributed by atoms with Gasteiger partial charge in [0.25, 0.3) is 0 Å². The minimum Gasteiger partial charge on any atom is -0.392 e. The molecule has 1 heterocycles. The lowest BCUT2D eigenvalue weighted by Crippen LogP contribution is -2.45. The van der Waals surface area contributed by atoms with Gasteiger partial charge in [-0.25, -0.2) is 0 Å². The second kappa shape index (κ2) is 6.24. The maximum Gasteiger partial charge on any atom is 0.231 e. The van der Waals surface area contributed by atoms with E-state index in [1.165, 1.54) is 4.90 Å². The third-order valence-corrected chi connectivity index (χ3v) is 2.58. The van der Waals surface area contributed by atoms with Crippen LogP contribution >= 0.6 is 0 Å². The molecule has 6 nitrogen and oxygen atoms in total. The summed E-state index contributed by atoms with van der Waals surface area (Å²) < 4.78 is 0. The Morgan fingerprint density at radius 1 is 1.41 bits per heavy atom. The Kier molecular flexibility index (Phi) is 4.96. The SMILES string of the molecule is CN=CC(CCN1C(=O)CC(O)CC1=O)=NC. The van der Waals surface area contributed by atoms with Crippen molar-refractivity contribution in [2.24, 2.45) is 9.98 Å². The number of rotatable bonds is 4. The highest BCUT2D eigenvalue weighted by molar-refractivity contribution is 6.30. The Bertz CT molecular complexity index is 345. The summed E-state index contributed by atoms with van der Waals surface area (Å²) in [6, 6.07) is 0. The van der Waals surface area contributed by atoms with Gasteiger partial charge in [-0.2, -0.15) is 0 Å². The number of carbonyl (C=O) groups is 2. The van der Waals surface area contributed by atoms with Gasteiger partial charge in [-0.05, 0) is 0 Å². The molecule has 1 aliphatic rings. The van der Waals surface area contributed by atoms with Crippen molar-refractivity contribution in [3.05, 3.63) is 0 Å². The van der Waals surface area contributed by atoms with Crippen LogP contribution in [0.5, 0.6) is 0 Å². The quantitative estimate of drug-likeness (QED) is 0.538. The minimum atomic E-state index is -0.831. The molecule has 1 aliphatic heterocycles. The first-order valence-electron chi connectivity index (χ1n) is 5.47. The molecule has 0 atom stereocenters. The summed E-state index contributed by atoms with van der Waals surface area (Å²) >= 11 is 0. The van der Waals surface area contributed by atoms with Crippen molar-refractivity contribution >= 4 is 23.7 Å². The second-order valence-corrected chi connectivity index (χ2v) is 3.85. The number of likely N-dealkylation sites (tertiary alicyclic amines) is 1. The zero-order chi connectivity index (χ0) is 12.8. The van der Waals surface area contributed by atoms with Crippen LogP contribution in [0.2, 0.25) is 0 Å². The van der Waals surface area contributed by atoms with Crippen LogP contribution < -0.4 is 0 Å². The Morgan fingerprint density at radius 3 is 2.47 bits per heavy atom. The van der Waals surface area contributed by atoms with E-state index in [1.54, 1.807) is 20.3 Å². The predicted octanol–water partition coefficient (Wildman–Crippen LogP) is -0.342. The summed E-state index contributed by atoms with van der Waals surface area (Å²) in [5, 5.41) is 9.26. The molecule has 0 bridgehead atoms. The average Bonchev–Trinajstić information content (AvgIpc) is 2.26. The van der Waals surface area contributed by atoms with E-state index in [0.29, 0.717) is 13.0 Å². The van der Waals surface area contributed by atoms with Gasteiger partial charge in [0, 0.05) is 33.3 Å². The topological polar surface area (TPSA) is 82.3 Å². The lowest BCUT2D eigenvalue weighted by atomic mass is 10.1. The average molecular weight is 239 g/mol. The number of aliphatic imine (C=N–C) groups is 2. The standard InChI is InChI=1S/C11H17N3O3/c1-12-7-8(13-2)3-4-14-10(16)5-9(15)6-11(14)17/h7,9,15H,3-6H2,1-2H3. The Hall–Kier alpha value is -1.56. The highest BCUT2D eigenvalue weighted by Gasteiger charge is 2.30. The summed E-state index contributed by atoms with van der Waals surface area (Å²) in [5.74, 6) is -0.643. The van der Waals surface area contributed by atoms with Crippen LogP contribution in [0.1, 0.15) is 19.3 Å². The normalized spacial score (nSPS) is 19.5. The molecule has 17 heavy (non-hydrogen) atoms. The van der Waals surface area contributed by atoms with Gasteiger partial charge in [0.1, 0.15) is 0 Å². The molecule has 2 amide bonds. The number of aliphatic hydroxyl groups is 1. The Morgan fingerprint density at radius 2 is 2.00 bits per heavy atom. The van der Waals surface area contributed by atoms with Crippen LogP contribution in [-0.4, -0.2) is 60.5 Å². The van der Waals surface area contributed by atoms with E-state index < -0.39 is 6.10 Å². The number of aliphatic hydroxyl groups excluding tert-OH is 1. The van der Waals surface area contributed by atoms with Crippen LogP contribution in [0, 0.1) is 0 Å². The molecule has 0 unspecified atom stereocenters. The van der Waals surface area contributed by atoms with Crippen molar-refractivity contribution < 1.29 is 14.7 Å². The lowest BCUT2D eigenvalue weighted by molar-refractivity contribution is -0.151. The molecule has 6 heteroatoms. The van der Waals surface area contributed by atoms with Crippen LogP contribution in [0.25, 0.3) is 0 Å². The Labute approximate surface area is 100 Å². The number of imide groups is 1. The van der Waals surface area contributed by atoms with Crippen LogP contribution in [0.15, 0.2) is 9.98 Å². The maximum atomic E-state index is 11.5. The predicted molar refractivity (Wildman–Crippen MR) is 64.4 cm³/mol. The third kappa shape index (κ3) is 3.74. The summed E-state index contributed by atoms with van der Waals surface area (Å²) in [5.41, 5.74) is 0.735. The minimum absolute atomic E-state index is 0.0200. The zero-order valence-electron chi connectivity index (χ0n) is 10.1. The molecule has 1 rings (SSSR count). The molecular weight excluding hydrogens is 222 g/mol. The summed E-state index contributed by atoms with van der Waals surface area (Å²) in [4.78, 5) is 32.1. The second-order valence-electron chi connectivity index (χ2n) is 3.85. The van der Waals surface area contributed by atoms with Gasteiger partial charge in [0.15, 0.2) is 0 Å². The highest BCUT2D eigenvalue weighted by Crippen LogP contribution is 2.13. The first-order chi connectivity index (χ1) is 8.08. The van der Waals surface area contributed by atoms with E-state index in [2.05, 4.69) is 9.98 Å². The van der Waals surface area contributed by atoms with Crippen molar-refractivity contribution in [3.63, 3.8) is 0 Å². The fraction of sp³-hybridized carbons (Fsp3) is 0.636. The van der Waals surface area contributed by atoms with Gasteiger partial charge in [0.05, 0.1) is 24.7 Å². The zero-order valence-corrected chi connectivity index (χ0v) is 10.1. The number of amides is 2. The van der Waals surface area contributed by atoms with E-state index in [-0.39, 0.29) is 24.7 Å². The monoisotopic (exact) mass is 239 g/mol. The van der Waals surface area contributed by atoms with Gasteiger partial charge < -0.3 is 5.11 Å².